The highest BCUT2D eigenvalue weighted by atomic mass is 16.5. The van der Waals surface area contributed by atoms with E-state index in [2.05, 4.69) is 16.2 Å². The normalized spacial score (nSPS) is 14.9. The lowest BCUT2D eigenvalue weighted by Gasteiger charge is -2.19. The number of nitrogens with one attached hydrogen (secondary N) is 1. The van der Waals surface area contributed by atoms with Crippen LogP contribution in [-0.4, -0.2) is 47.9 Å². The van der Waals surface area contributed by atoms with Crippen molar-refractivity contribution in [3.8, 4) is 18.2 Å². The maximum absolute atomic E-state index is 12.5. The lowest BCUT2D eigenvalue weighted by molar-refractivity contribution is -0.121. The summed E-state index contributed by atoms with van der Waals surface area (Å²) in [6, 6.07) is 3.26. The van der Waals surface area contributed by atoms with Crippen molar-refractivity contribution in [1.29, 1.82) is 0 Å². The van der Waals surface area contributed by atoms with Crippen LogP contribution in [-0.2, 0) is 4.79 Å². The minimum absolute atomic E-state index is 0.0395. The van der Waals surface area contributed by atoms with E-state index in [1.54, 1.807) is 12.1 Å². The summed E-state index contributed by atoms with van der Waals surface area (Å²) in [7, 11) is 0. The van der Waals surface area contributed by atoms with Gasteiger partial charge in [-0.2, -0.15) is 0 Å². The Morgan fingerprint density at radius 2 is 2.45 bits per heavy atom. The van der Waals surface area contributed by atoms with E-state index in [1.807, 2.05) is 0 Å². The Hall–Kier alpha value is -2.55. The van der Waals surface area contributed by atoms with Gasteiger partial charge in [0.25, 0.3) is 5.91 Å². The molecule has 0 radical (unpaired) electrons. The van der Waals surface area contributed by atoms with Crippen molar-refractivity contribution in [3.05, 3.63) is 23.9 Å². The maximum Gasteiger partial charge on any atom is 0.259 e. The summed E-state index contributed by atoms with van der Waals surface area (Å²) in [4.78, 5) is 29.5. The van der Waals surface area contributed by atoms with Crippen LogP contribution in [0.5, 0.6) is 5.88 Å². The summed E-state index contributed by atoms with van der Waals surface area (Å²) in [5.74, 6) is 2.09. The van der Waals surface area contributed by atoms with E-state index in [-0.39, 0.29) is 30.8 Å². The molecule has 104 valence electrons. The zero-order chi connectivity index (χ0) is 14.4. The molecule has 0 spiro atoms. The summed E-state index contributed by atoms with van der Waals surface area (Å²) < 4.78 is 5.26. The number of hydrogen-bond donors (Lipinski definition) is 1. The number of pyridine rings is 1. The van der Waals surface area contributed by atoms with Crippen LogP contribution >= 0.6 is 0 Å². The van der Waals surface area contributed by atoms with Crippen molar-refractivity contribution in [1.82, 2.24) is 15.2 Å². The molecule has 1 N–H and O–H groups in total. The molecule has 1 fully saturated rings. The lowest BCUT2D eigenvalue weighted by Crippen LogP contribution is -2.37. The van der Waals surface area contributed by atoms with Crippen molar-refractivity contribution in [2.24, 2.45) is 0 Å². The molecule has 0 aliphatic carbocycles. The third-order valence-electron chi connectivity index (χ3n) is 2.84. The first-order valence-corrected chi connectivity index (χ1v) is 6.29. The number of terminal acetylenes is 1. The van der Waals surface area contributed by atoms with E-state index in [1.165, 1.54) is 11.1 Å². The Labute approximate surface area is 117 Å². The van der Waals surface area contributed by atoms with E-state index < -0.39 is 0 Å². The van der Waals surface area contributed by atoms with Gasteiger partial charge in [-0.15, -0.1) is 6.42 Å². The van der Waals surface area contributed by atoms with Crippen molar-refractivity contribution < 1.29 is 14.3 Å². The molecule has 0 unspecified atom stereocenters. The second-order valence-corrected chi connectivity index (χ2v) is 4.28. The lowest BCUT2D eigenvalue weighted by atomic mass is 10.2. The average Bonchev–Trinajstić information content (AvgIpc) is 2.69. The molecule has 6 nitrogen and oxygen atoms in total. The van der Waals surface area contributed by atoms with Crippen LogP contribution < -0.4 is 10.1 Å². The van der Waals surface area contributed by atoms with Gasteiger partial charge in [0.1, 0.15) is 5.56 Å². The standard InChI is InChI=1S/C14H15N3O3/c1-2-9-20-13-11(5-3-6-16-13)14(19)17-8-4-7-15-12(18)10-17/h1,3,5-6H,4,7-10H2,(H,15,18). The topological polar surface area (TPSA) is 71.5 Å². The number of ether oxygens (including phenoxy) is 1. The van der Waals surface area contributed by atoms with Crippen LogP contribution in [0.25, 0.3) is 0 Å². The molecule has 0 atom stereocenters. The highest BCUT2D eigenvalue weighted by Gasteiger charge is 2.23. The second-order valence-electron chi connectivity index (χ2n) is 4.28. The molecule has 6 heteroatoms. The molecule has 1 aromatic rings. The van der Waals surface area contributed by atoms with E-state index in [0.717, 1.165) is 6.42 Å². The highest BCUT2D eigenvalue weighted by Crippen LogP contribution is 2.17. The summed E-state index contributed by atoms with van der Waals surface area (Å²) in [5.41, 5.74) is 0.317. The summed E-state index contributed by atoms with van der Waals surface area (Å²) in [6.07, 6.45) is 7.38. The van der Waals surface area contributed by atoms with Gasteiger partial charge < -0.3 is 15.0 Å². The van der Waals surface area contributed by atoms with Crippen LogP contribution in [0, 0.1) is 12.3 Å². The quantitative estimate of drug-likeness (QED) is 0.790. The third kappa shape index (κ3) is 3.26. The number of amides is 2. The highest BCUT2D eigenvalue weighted by molar-refractivity contribution is 5.98. The van der Waals surface area contributed by atoms with Gasteiger partial charge in [0.15, 0.2) is 6.61 Å². The van der Waals surface area contributed by atoms with Crippen LogP contribution in [0.2, 0.25) is 0 Å². The fourth-order valence-corrected chi connectivity index (χ4v) is 1.93. The number of nitrogens with zero attached hydrogens (tertiary/aromatic N) is 2. The Morgan fingerprint density at radius 1 is 1.60 bits per heavy atom. The van der Waals surface area contributed by atoms with E-state index >= 15 is 0 Å². The molecule has 2 rings (SSSR count). The van der Waals surface area contributed by atoms with Crippen molar-refractivity contribution in [2.45, 2.75) is 6.42 Å². The van der Waals surface area contributed by atoms with Gasteiger partial charge in [-0.3, -0.25) is 9.59 Å². The van der Waals surface area contributed by atoms with Gasteiger partial charge in [-0.25, -0.2) is 4.98 Å². The minimum Gasteiger partial charge on any atom is -0.464 e. The largest absolute Gasteiger partial charge is 0.464 e. The van der Waals surface area contributed by atoms with Gasteiger partial charge >= 0.3 is 0 Å². The number of hydrogen-bond acceptors (Lipinski definition) is 4. The smallest absolute Gasteiger partial charge is 0.259 e. The van der Waals surface area contributed by atoms with Gasteiger partial charge in [0.2, 0.25) is 11.8 Å². The molecule has 1 aromatic heterocycles. The van der Waals surface area contributed by atoms with Crippen LogP contribution in [0.15, 0.2) is 18.3 Å². The monoisotopic (exact) mass is 273 g/mol. The molecule has 0 saturated carbocycles. The van der Waals surface area contributed by atoms with Gasteiger partial charge in [-0.1, -0.05) is 5.92 Å². The Morgan fingerprint density at radius 3 is 3.25 bits per heavy atom. The molecule has 0 bridgehead atoms. The number of rotatable bonds is 3. The van der Waals surface area contributed by atoms with Crippen LogP contribution in [0.1, 0.15) is 16.8 Å². The molecule has 1 saturated heterocycles. The third-order valence-corrected chi connectivity index (χ3v) is 2.84. The molecule has 2 heterocycles. The number of carbonyl (C=O) groups is 2. The molecule has 1 aliphatic rings. The molecule has 2 amide bonds. The zero-order valence-electron chi connectivity index (χ0n) is 11.0. The van der Waals surface area contributed by atoms with E-state index in [0.29, 0.717) is 18.7 Å². The summed E-state index contributed by atoms with van der Waals surface area (Å²) in [5, 5.41) is 2.72. The first-order chi connectivity index (χ1) is 9.72. The van der Waals surface area contributed by atoms with E-state index in [9.17, 15) is 9.59 Å². The first kappa shape index (κ1) is 13.9. The molecular formula is C14H15N3O3. The fraction of sp³-hybridized carbons (Fsp3) is 0.357. The van der Waals surface area contributed by atoms with Gasteiger partial charge in [0.05, 0.1) is 6.54 Å². The Kier molecular flexibility index (Phi) is 4.56. The van der Waals surface area contributed by atoms with Crippen LogP contribution in [0.4, 0.5) is 0 Å². The SMILES string of the molecule is C#CCOc1ncccc1C(=O)N1CCCNC(=O)C1. The predicted molar refractivity (Wildman–Crippen MR) is 72.1 cm³/mol. The molecular weight excluding hydrogens is 258 g/mol. The van der Waals surface area contributed by atoms with Crippen molar-refractivity contribution >= 4 is 11.8 Å². The molecule has 20 heavy (non-hydrogen) atoms. The summed E-state index contributed by atoms with van der Waals surface area (Å²) in [6.45, 7) is 1.18. The summed E-state index contributed by atoms with van der Waals surface area (Å²) >= 11 is 0. The van der Waals surface area contributed by atoms with Gasteiger partial charge in [0, 0.05) is 19.3 Å². The minimum atomic E-state index is -0.276. The average molecular weight is 273 g/mol. The van der Waals surface area contributed by atoms with Gasteiger partial charge in [-0.05, 0) is 18.6 Å². The Balaban J connectivity index is 2.19. The Bertz CT molecular complexity index is 551. The zero-order valence-corrected chi connectivity index (χ0v) is 11.0. The predicted octanol–water partition coefficient (Wildman–Crippen LogP) is 0.0557. The second kappa shape index (κ2) is 6.57. The fourth-order valence-electron chi connectivity index (χ4n) is 1.93. The first-order valence-electron chi connectivity index (χ1n) is 6.29. The van der Waals surface area contributed by atoms with E-state index in [4.69, 9.17) is 11.2 Å². The number of carbonyl (C=O) groups excluding carboxylic acids is 2. The maximum atomic E-state index is 12.5. The molecule has 1 aliphatic heterocycles. The molecule has 0 aromatic carbocycles. The van der Waals surface area contributed by atoms with Crippen molar-refractivity contribution in [3.63, 3.8) is 0 Å². The number of aromatic nitrogens is 1. The van der Waals surface area contributed by atoms with Crippen LogP contribution in [0.3, 0.4) is 0 Å². The van der Waals surface area contributed by atoms with Crippen molar-refractivity contribution in [2.75, 3.05) is 26.2 Å².